The van der Waals surface area contributed by atoms with Crippen LogP contribution in [-0.4, -0.2) is 37.7 Å². The van der Waals surface area contributed by atoms with Crippen LogP contribution in [0.3, 0.4) is 0 Å². The minimum Gasteiger partial charge on any atom is -0.489 e. The van der Waals surface area contributed by atoms with Crippen LogP contribution < -0.4 is 10.1 Å². The molecule has 1 saturated heterocycles. The maximum Gasteiger partial charge on any atom is 0.124 e. The van der Waals surface area contributed by atoms with Gasteiger partial charge in [-0.05, 0) is 38.0 Å². The average Bonchev–Trinajstić information content (AvgIpc) is 2.94. The van der Waals surface area contributed by atoms with Crippen molar-refractivity contribution in [2.75, 3.05) is 32.8 Å². The highest BCUT2D eigenvalue weighted by atomic mass is 16.5. The maximum absolute atomic E-state index is 5.68. The van der Waals surface area contributed by atoms with Gasteiger partial charge in [-0.3, -0.25) is 0 Å². The van der Waals surface area contributed by atoms with E-state index in [1.54, 1.807) is 6.08 Å². The van der Waals surface area contributed by atoms with Crippen molar-refractivity contribution in [2.45, 2.75) is 19.9 Å². The van der Waals surface area contributed by atoms with Gasteiger partial charge in [0.1, 0.15) is 12.4 Å². The van der Waals surface area contributed by atoms with Crippen LogP contribution in [0.25, 0.3) is 0 Å². The van der Waals surface area contributed by atoms with Crippen molar-refractivity contribution in [2.24, 2.45) is 5.92 Å². The van der Waals surface area contributed by atoms with E-state index in [0.717, 1.165) is 24.8 Å². The van der Waals surface area contributed by atoms with Crippen molar-refractivity contribution >= 4 is 0 Å². The van der Waals surface area contributed by atoms with Gasteiger partial charge in [0.15, 0.2) is 0 Å². The molecule has 1 fully saturated rings. The van der Waals surface area contributed by atoms with E-state index < -0.39 is 0 Å². The second-order valence-corrected chi connectivity index (χ2v) is 5.39. The molecule has 1 N–H and O–H groups in total. The standard InChI is InChI=1S/C17H26N2O/c1-3-11-20-17-8-6-5-7-16(17)13-18-12-15-9-10-19(4-2)14-15/h3,5-8,15,18H,1,4,9-14H2,2H3. The smallest absolute Gasteiger partial charge is 0.124 e. The lowest BCUT2D eigenvalue weighted by Gasteiger charge is -2.15. The molecule has 0 amide bonds. The highest BCUT2D eigenvalue weighted by Gasteiger charge is 2.20. The zero-order chi connectivity index (χ0) is 14.2. The summed E-state index contributed by atoms with van der Waals surface area (Å²) in [7, 11) is 0. The molecular formula is C17H26N2O. The van der Waals surface area contributed by atoms with Crippen molar-refractivity contribution in [3.63, 3.8) is 0 Å². The van der Waals surface area contributed by atoms with Crippen molar-refractivity contribution in [3.05, 3.63) is 42.5 Å². The van der Waals surface area contributed by atoms with Crippen molar-refractivity contribution in [3.8, 4) is 5.75 Å². The lowest BCUT2D eigenvalue weighted by atomic mass is 10.1. The van der Waals surface area contributed by atoms with Gasteiger partial charge >= 0.3 is 0 Å². The largest absolute Gasteiger partial charge is 0.489 e. The first-order chi connectivity index (χ1) is 9.83. The van der Waals surface area contributed by atoms with Gasteiger partial charge < -0.3 is 15.0 Å². The Morgan fingerprint density at radius 1 is 1.45 bits per heavy atom. The molecule has 2 rings (SSSR count). The zero-order valence-electron chi connectivity index (χ0n) is 12.5. The summed E-state index contributed by atoms with van der Waals surface area (Å²) in [5.74, 6) is 1.75. The summed E-state index contributed by atoms with van der Waals surface area (Å²) in [6, 6.07) is 8.22. The number of nitrogens with zero attached hydrogens (tertiary/aromatic N) is 1. The molecule has 1 atom stereocenters. The number of ether oxygens (including phenoxy) is 1. The molecule has 1 unspecified atom stereocenters. The first-order valence-electron chi connectivity index (χ1n) is 7.58. The lowest BCUT2D eigenvalue weighted by molar-refractivity contribution is 0.337. The molecule has 110 valence electrons. The number of rotatable bonds is 8. The van der Waals surface area contributed by atoms with Crippen LogP contribution in [0.15, 0.2) is 36.9 Å². The van der Waals surface area contributed by atoms with E-state index in [1.807, 2.05) is 12.1 Å². The molecule has 0 aliphatic carbocycles. The van der Waals surface area contributed by atoms with Gasteiger partial charge in [-0.15, -0.1) is 0 Å². The Hall–Kier alpha value is -1.32. The van der Waals surface area contributed by atoms with Gasteiger partial charge in [0, 0.05) is 18.7 Å². The van der Waals surface area contributed by atoms with E-state index >= 15 is 0 Å². The molecule has 20 heavy (non-hydrogen) atoms. The number of nitrogens with one attached hydrogen (secondary N) is 1. The van der Waals surface area contributed by atoms with Gasteiger partial charge in [-0.2, -0.15) is 0 Å². The summed E-state index contributed by atoms with van der Waals surface area (Å²) < 4.78 is 5.68. The third kappa shape index (κ3) is 4.36. The summed E-state index contributed by atoms with van der Waals surface area (Å²) in [6.45, 7) is 12.1. The Kier molecular flexibility index (Phi) is 6.09. The zero-order valence-corrected chi connectivity index (χ0v) is 12.5. The quantitative estimate of drug-likeness (QED) is 0.738. The Morgan fingerprint density at radius 3 is 3.05 bits per heavy atom. The van der Waals surface area contributed by atoms with E-state index in [4.69, 9.17) is 4.74 Å². The third-order valence-electron chi connectivity index (χ3n) is 3.89. The number of likely N-dealkylation sites (tertiary alicyclic amines) is 1. The Bertz CT molecular complexity index is 419. The van der Waals surface area contributed by atoms with E-state index in [9.17, 15) is 0 Å². The second-order valence-electron chi connectivity index (χ2n) is 5.39. The Labute approximate surface area is 122 Å². The summed E-state index contributed by atoms with van der Waals surface area (Å²) >= 11 is 0. The van der Waals surface area contributed by atoms with Crippen LogP contribution in [-0.2, 0) is 6.54 Å². The average molecular weight is 274 g/mol. The van der Waals surface area contributed by atoms with Crippen LogP contribution >= 0.6 is 0 Å². The van der Waals surface area contributed by atoms with Gasteiger partial charge in [0.05, 0.1) is 0 Å². The van der Waals surface area contributed by atoms with Crippen molar-refractivity contribution in [1.82, 2.24) is 10.2 Å². The fourth-order valence-electron chi connectivity index (χ4n) is 2.72. The molecule has 0 aromatic heterocycles. The Balaban J connectivity index is 1.77. The summed E-state index contributed by atoms with van der Waals surface area (Å²) in [5.41, 5.74) is 1.22. The van der Waals surface area contributed by atoms with E-state index in [-0.39, 0.29) is 0 Å². The molecule has 1 aromatic carbocycles. The minimum atomic E-state index is 0.561. The monoisotopic (exact) mass is 274 g/mol. The Morgan fingerprint density at radius 2 is 2.30 bits per heavy atom. The predicted octanol–water partition coefficient (Wildman–Crippen LogP) is 2.68. The van der Waals surface area contributed by atoms with E-state index in [2.05, 4.69) is 35.9 Å². The van der Waals surface area contributed by atoms with E-state index in [1.165, 1.54) is 31.6 Å². The van der Waals surface area contributed by atoms with Crippen LogP contribution in [0.4, 0.5) is 0 Å². The molecule has 3 heteroatoms. The molecule has 1 heterocycles. The third-order valence-corrected chi connectivity index (χ3v) is 3.89. The number of para-hydroxylation sites is 1. The predicted molar refractivity (Wildman–Crippen MR) is 84.1 cm³/mol. The summed E-state index contributed by atoms with van der Waals surface area (Å²) in [6.07, 6.45) is 3.09. The van der Waals surface area contributed by atoms with Gasteiger partial charge in [-0.1, -0.05) is 37.8 Å². The van der Waals surface area contributed by atoms with Gasteiger partial charge in [0.25, 0.3) is 0 Å². The molecule has 0 spiro atoms. The SMILES string of the molecule is C=CCOc1ccccc1CNCC1CCN(CC)C1. The van der Waals surface area contributed by atoms with Crippen molar-refractivity contribution in [1.29, 1.82) is 0 Å². The molecule has 1 aromatic rings. The molecular weight excluding hydrogens is 248 g/mol. The van der Waals surface area contributed by atoms with Gasteiger partial charge in [-0.25, -0.2) is 0 Å². The van der Waals surface area contributed by atoms with Crippen LogP contribution in [0.2, 0.25) is 0 Å². The minimum absolute atomic E-state index is 0.561. The van der Waals surface area contributed by atoms with Crippen LogP contribution in [0.5, 0.6) is 5.75 Å². The number of benzene rings is 1. The fourth-order valence-corrected chi connectivity index (χ4v) is 2.72. The van der Waals surface area contributed by atoms with E-state index in [0.29, 0.717) is 6.61 Å². The lowest BCUT2D eigenvalue weighted by Crippen LogP contribution is -2.26. The molecule has 1 aliphatic heterocycles. The molecule has 3 nitrogen and oxygen atoms in total. The molecule has 0 bridgehead atoms. The molecule has 1 aliphatic rings. The van der Waals surface area contributed by atoms with Gasteiger partial charge in [0.2, 0.25) is 0 Å². The first kappa shape index (κ1) is 15.1. The maximum atomic E-state index is 5.68. The fraction of sp³-hybridized carbons (Fsp3) is 0.529. The molecule has 0 radical (unpaired) electrons. The molecule has 0 saturated carbocycles. The van der Waals surface area contributed by atoms with Crippen LogP contribution in [0.1, 0.15) is 18.9 Å². The highest BCUT2D eigenvalue weighted by molar-refractivity contribution is 5.33. The number of hydrogen-bond acceptors (Lipinski definition) is 3. The summed E-state index contributed by atoms with van der Waals surface area (Å²) in [5, 5.41) is 3.57. The van der Waals surface area contributed by atoms with Crippen molar-refractivity contribution < 1.29 is 4.74 Å². The van der Waals surface area contributed by atoms with Crippen LogP contribution in [0, 0.1) is 5.92 Å². The number of hydrogen-bond donors (Lipinski definition) is 1. The second kappa shape index (κ2) is 8.08. The normalized spacial score (nSPS) is 19.1. The summed E-state index contributed by atoms with van der Waals surface area (Å²) in [4.78, 5) is 2.52. The topological polar surface area (TPSA) is 24.5 Å². The first-order valence-corrected chi connectivity index (χ1v) is 7.58. The highest BCUT2D eigenvalue weighted by Crippen LogP contribution is 2.19.